The highest BCUT2D eigenvalue weighted by Gasteiger charge is 2.26. The van der Waals surface area contributed by atoms with Crippen molar-refractivity contribution in [3.05, 3.63) is 17.1 Å². The number of aromatic nitrogens is 2. The maximum absolute atomic E-state index is 5.54. The Morgan fingerprint density at radius 3 is 2.53 bits per heavy atom. The smallest absolute Gasteiger partial charge is 0.220 e. The van der Waals surface area contributed by atoms with Gasteiger partial charge in [0.05, 0.1) is 7.11 Å². The SMILES string of the molecule is COc1nc(C(C)(C)C)nc(C)c1C1CCCNC1. The molecule has 0 aliphatic carbocycles. The van der Waals surface area contributed by atoms with E-state index in [1.807, 2.05) is 0 Å². The topological polar surface area (TPSA) is 47.0 Å². The van der Waals surface area contributed by atoms with Crippen molar-refractivity contribution in [3.63, 3.8) is 0 Å². The summed E-state index contributed by atoms with van der Waals surface area (Å²) in [7, 11) is 1.70. The molecular formula is C15H25N3O. The molecule has 2 rings (SSSR count). The second-order valence-corrected chi connectivity index (χ2v) is 6.35. The van der Waals surface area contributed by atoms with Gasteiger partial charge in [-0.3, -0.25) is 0 Å². The molecule has 0 bridgehead atoms. The Morgan fingerprint density at radius 2 is 2.00 bits per heavy atom. The van der Waals surface area contributed by atoms with E-state index in [1.165, 1.54) is 18.4 Å². The molecule has 1 N–H and O–H groups in total. The van der Waals surface area contributed by atoms with E-state index in [2.05, 4.69) is 38.0 Å². The standard InChI is InChI=1S/C15H25N3O/c1-10-12(11-7-6-8-16-9-11)13(19-5)18-14(17-10)15(2,3)4/h11,16H,6-9H2,1-5H3. The van der Waals surface area contributed by atoms with Gasteiger partial charge in [-0.05, 0) is 26.3 Å². The first kappa shape index (κ1) is 14.3. The predicted molar refractivity (Wildman–Crippen MR) is 76.9 cm³/mol. The molecule has 0 spiro atoms. The van der Waals surface area contributed by atoms with Gasteiger partial charge in [-0.25, -0.2) is 4.98 Å². The summed E-state index contributed by atoms with van der Waals surface area (Å²) in [5, 5.41) is 3.45. The van der Waals surface area contributed by atoms with Crippen LogP contribution in [0, 0.1) is 6.92 Å². The van der Waals surface area contributed by atoms with Crippen molar-refractivity contribution in [2.75, 3.05) is 20.2 Å². The number of nitrogens with one attached hydrogen (secondary N) is 1. The second-order valence-electron chi connectivity index (χ2n) is 6.35. The molecule has 1 unspecified atom stereocenters. The van der Waals surface area contributed by atoms with Crippen LogP contribution in [0.3, 0.4) is 0 Å². The highest BCUT2D eigenvalue weighted by Crippen LogP contribution is 2.33. The van der Waals surface area contributed by atoms with Crippen molar-refractivity contribution in [2.45, 2.75) is 51.9 Å². The van der Waals surface area contributed by atoms with Crippen LogP contribution in [0.4, 0.5) is 0 Å². The maximum Gasteiger partial charge on any atom is 0.220 e. The molecular weight excluding hydrogens is 238 g/mol. The van der Waals surface area contributed by atoms with Crippen molar-refractivity contribution in [1.29, 1.82) is 0 Å². The van der Waals surface area contributed by atoms with E-state index in [0.29, 0.717) is 5.92 Å². The molecule has 1 aliphatic heterocycles. The Labute approximate surface area is 116 Å². The fourth-order valence-electron chi connectivity index (χ4n) is 2.61. The first-order chi connectivity index (χ1) is 8.93. The van der Waals surface area contributed by atoms with Gasteiger partial charge in [0, 0.05) is 29.1 Å². The minimum absolute atomic E-state index is 0.0542. The van der Waals surface area contributed by atoms with E-state index in [0.717, 1.165) is 30.5 Å². The molecule has 1 fully saturated rings. The van der Waals surface area contributed by atoms with Crippen LogP contribution in [0.5, 0.6) is 5.88 Å². The zero-order chi connectivity index (χ0) is 14.0. The number of rotatable bonds is 2. The molecule has 1 aromatic heterocycles. The van der Waals surface area contributed by atoms with E-state index < -0.39 is 0 Å². The fourth-order valence-corrected chi connectivity index (χ4v) is 2.61. The van der Waals surface area contributed by atoms with E-state index in [-0.39, 0.29) is 5.41 Å². The van der Waals surface area contributed by atoms with Gasteiger partial charge in [0.2, 0.25) is 5.88 Å². The molecule has 0 amide bonds. The van der Waals surface area contributed by atoms with E-state index in [1.54, 1.807) is 7.11 Å². The first-order valence-corrected chi connectivity index (χ1v) is 7.07. The summed E-state index contributed by atoms with van der Waals surface area (Å²) >= 11 is 0. The second kappa shape index (κ2) is 5.45. The number of hydrogen-bond acceptors (Lipinski definition) is 4. The summed E-state index contributed by atoms with van der Waals surface area (Å²) in [5.74, 6) is 2.08. The average Bonchev–Trinajstić information content (AvgIpc) is 2.37. The molecule has 0 radical (unpaired) electrons. The minimum atomic E-state index is -0.0542. The monoisotopic (exact) mass is 263 g/mol. The van der Waals surface area contributed by atoms with Gasteiger partial charge >= 0.3 is 0 Å². The Kier molecular flexibility index (Phi) is 4.09. The summed E-state index contributed by atoms with van der Waals surface area (Å²) in [6.45, 7) is 10.6. The molecule has 1 saturated heterocycles. The number of hydrogen-bond donors (Lipinski definition) is 1. The van der Waals surface area contributed by atoms with Crippen molar-refractivity contribution in [1.82, 2.24) is 15.3 Å². The third-order valence-corrected chi connectivity index (χ3v) is 3.67. The van der Waals surface area contributed by atoms with Crippen molar-refractivity contribution in [3.8, 4) is 5.88 Å². The zero-order valence-corrected chi connectivity index (χ0v) is 12.7. The minimum Gasteiger partial charge on any atom is -0.481 e. The molecule has 1 aliphatic rings. The number of aryl methyl sites for hydroxylation is 1. The summed E-state index contributed by atoms with van der Waals surface area (Å²) in [5.41, 5.74) is 2.19. The fraction of sp³-hybridized carbons (Fsp3) is 0.733. The lowest BCUT2D eigenvalue weighted by atomic mass is 9.90. The van der Waals surface area contributed by atoms with Gasteiger partial charge in [-0.2, -0.15) is 4.98 Å². The third-order valence-electron chi connectivity index (χ3n) is 3.67. The molecule has 1 atom stereocenters. The van der Waals surface area contributed by atoms with E-state index >= 15 is 0 Å². The summed E-state index contributed by atoms with van der Waals surface area (Å²) < 4.78 is 5.54. The summed E-state index contributed by atoms with van der Waals surface area (Å²) in [6.07, 6.45) is 2.39. The van der Waals surface area contributed by atoms with Crippen LogP contribution < -0.4 is 10.1 Å². The lowest BCUT2D eigenvalue weighted by Crippen LogP contribution is -2.30. The zero-order valence-electron chi connectivity index (χ0n) is 12.7. The van der Waals surface area contributed by atoms with Gasteiger partial charge in [0.25, 0.3) is 0 Å². The highest BCUT2D eigenvalue weighted by molar-refractivity contribution is 5.35. The molecule has 19 heavy (non-hydrogen) atoms. The van der Waals surface area contributed by atoms with Gasteiger partial charge in [-0.15, -0.1) is 0 Å². The molecule has 0 saturated carbocycles. The molecule has 106 valence electrons. The summed E-state index contributed by atoms with van der Waals surface area (Å²) in [4.78, 5) is 9.35. The van der Waals surface area contributed by atoms with Crippen LogP contribution in [0.25, 0.3) is 0 Å². The first-order valence-electron chi connectivity index (χ1n) is 7.07. The van der Waals surface area contributed by atoms with Crippen molar-refractivity contribution < 1.29 is 4.74 Å². The molecule has 4 heteroatoms. The van der Waals surface area contributed by atoms with Crippen LogP contribution in [0.2, 0.25) is 0 Å². The van der Waals surface area contributed by atoms with Crippen LogP contribution >= 0.6 is 0 Å². The Hall–Kier alpha value is -1.16. The number of ether oxygens (including phenoxy) is 1. The quantitative estimate of drug-likeness (QED) is 0.891. The normalized spacial score (nSPS) is 20.4. The number of methoxy groups -OCH3 is 1. The predicted octanol–water partition coefficient (Wildman–Crippen LogP) is 2.56. The molecule has 4 nitrogen and oxygen atoms in total. The average molecular weight is 263 g/mol. The number of nitrogens with zero attached hydrogens (tertiary/aromatic N) is 2. The van der Waals surface area contributed by atoms with Crippen LogP contribution in [-0.2, 0) is 5.41 Å². The van der Waals surface area contributed by atoms with Gasteiger partial charge in [0.1, 0.15) is 5.82 Å². The summed E-state index contributed by atoms with van der Waals surface area (Å²) in [6, 6.07) is 0. The third kappa shape index (κ3) is 3.06. The van der Waals surface area contributed by atoms with Crippen LogP contribution in [-0.4, -0.2) is 30.2 Å². The van der Waals surface area contributed by atoms with E-state index in [9.17, 15) is 0 Å². The molecule has 0 aromatic carbocycles. The Morgan fingerprint density at radius 1 is 1.26 bits per heavy atom. The van der Waals surface area contributed by atoms with E-state index in [4.69, 9.17) is 9.72 Å². The molecule has 2 heterocycles. The van der Waals surface area contributed by atoms with Gasteiger partial charge in [0.15, 0.2) is 0 Å². The number of piperidine rings is 1. The van der Waals surface area contributed by atoms with Crippen molar-refractivity contribution in [2.24, 2.45) is 0 Å². The maximum atomic E-state index is 5.54. The highest BCUT2D eigenvalue weighted by atomic mass is 16.5. The Bertz CT molecular complexity index is 445. The lowest BCUT2D eigenvalue weighted by molar-refractivity contribution is 0.367. The Balaban J connectivity index is 2.43. The largest absolute Gasteiger partial charge is 0.481 e. The van der Waals surface area contributed by atoms with Gasteiger partial charge in [-0.1, -0.05) is 20.8 Å². The molecule has 1 aromatic rings. The van der Waals surface area contributed by atoms with Crippen LogP contribution in [0.1, 0.15) is 56.6 Å². The lowest BCUT2D eigenvalue weighted by Gasteiger charge is -2.27. The van der Waals surface area contributed by atoms with Crippen molar-refractivity contribution >= 4 is 0 Å². The van der Waals surface area contributed by atoms with Gasteiger partial charge < -0.3 is 10.1 Å². The van der Waals surface area contributed by atoms with Crippen LogP contribution in [0.15, 0.2) is 0 Å².